The number of para-hydroxylation sites is 1. The standard InChI is InChI=1S/C18H18ClNO3S/c1-22-16-8-7-13(11-15(16)19)18-20(9-10-24-18)17(21)12-23-14-5-3-2-4-6-14/h2-8,11,18H,9-10,12H2,1H3. The molecule has 1 aliphatic rings. The third-order valence-corrected chi connectivity index (χ3v) is 5.33. The molecule has 2 aromatic rings. The molecule has 0 saturated carbocycles. The molecule has 0 radical (unpaired) electrons. The molecule has 0 aromatic heterocycles. The molecular weight excluding hydrogens is 346 g/mol. The monoisotopic (exact) mass is 363 g/mol. The van der Waals surface area contributed by atoms with Crippen LogP contribution in [0.4, 0.5) is 0 Å². The van der Waals surface area contributed by atoms with E-state index in [0.717, 1.165) is 11.3 Å². The number of methoxy groups -OCH3 is 1. The van der Waals surface area contributed by atoms with Crippen molar-refractivity contribution in [3.05, 3.63) is 59.1 Å². The molecule has 126 valence electrons. The number of benzene rings is 2. The van der Waals surface area contributed by atoms with Crippen LogP contribution in [0.2, 0.25) is 5.02 Å². The number of amides is 1. The van der Waals surface area contributed by atoms with E-state index >= 15 is 0 Å². The molecule has 1 heterocycles. The number of hydrogen-bond donors (Lipinski definition) is 0. The summed E-state index contributed by atoms with van der Waals surface area (Å²) in [5.74, 6) is 2.20. The largest absolute Gasteiger partial charge is 0.495 e. The highest BCUT2D eigenvalue weighted by Crippen LogP contribution is 2.40. The van der Waals surface area contributed by atoms with Crippen LogP contribution in [-0.4, -0.2) is 36.8 Å². The normalized spacial score (nSPS) is 16.9. The van der Waals surface area contributed by atoms with Gasteiger partial charge in [-0.1, -0.05) is 35.9 Å². The predicted molar refractivity (Wildman–Crippen MR) is 96.9 cm³/mol. The highest BCUT2D eigenvalue weighted by Gasteiger charge is 2.31. The highest BCUT2D eigenvalue weighted by molar-refractivity contribution is 7.99. The molecule has 0 aliphatic carbocycles. The van der Waals surface area contributed by atoms with Crippen LogP contribution in [0.25, 0.3) is 0 Å². The molecule has 6 heteroatoms. The summed E-state index contributed by atoms with van der Waals surface area (Å²) in [6.07, 6.45) is 0. The van der Waals surface area contributed by atoms with Gasteiger partial charge in [0.15, 0.2) is 6.61 Å². The maximum Gasteiger partial charge on any atom is 0.261 e. The molecule has 1 amide bonds. The minimum atomic E-state index is -0.0414. The van der Waals surface area contributed by atoms with E-state index in [9.17, 15) is 4.79 Å². The molecular formula is C18H18ClNO3S. The van der Waals surface area contributed by atoms with Gasteiger partial charge in [-0.05, 0) is 29.8 Å². The summed E-state index contributed by atoms with van der Waals surface area (Å²) in [5, 5.41) is 0.510. The van der Waals surface area contributed by atoms with E-state index in [-0.39, 0.29) is 17.9 Å². The zero-order valence-electron chi connectivity index (χ0n) is 13.3. The fraction of sp³-hybridized carbons (Fsp3) is 0.278. The number of rotatable bonds is 5. The average molecular weight is 364 g/mol. The topological polar surface area (TPSA) is 38.8 Å². The maximum atomic E-state index is 12.5. The van der Waals surface area contributed by atoms with E-state index in [1.807, 2.05) is 53.4 Å². The van der Waals surface area contributed by atoms with Gasteiger partial charge in [-0.25, -0.2) is 0 Å². The van der Waals surface area contributed by atoms with Crippen molar-refractivity contribution in [1.29, 1.82) is 0 Å². The number of hydrogen-bond acceptors (Lipinski definition) is 4. The fourth-order valence-corrected chi connectivity index (χ4v) is 4.12. The van der Waals surface area contributed by atoms with Crippen molar-refractivity contribution in [1.82, 2.24) is 4.90 Å². The first-order valence-corrected chi connectivity index (χ1v) is 9.04. The van der Waals surface area contributed by atoms with Gasteiger partial charge in [-0.3, -0.25) is 4.79 Å². The summed E-state index contributed by atoms with van der Waals surface area (Å²) in [4.78, 5) is 14.4. The molecule has 1 saturated heterocycles. The second-order valence-electron chi connectivity index (χ2n) is 5.31. The molecule has 0 bridgehead atoms. The Bertz CT molecular complexity index is 711. The number of carbonyl (C=O) groups excluding carboxylic acids is 1. The second-order valence-corrected chi connectivity index (χ2v) is 6.90. The van der Waals surface area contributed by atoms with E-state index in [0.29, 0.717) is 23.1 Å². The van der Waals surface area contributed by atoms with Crippen LogP contribution >= 0.6 is 23.4 Å². The van der Waals surface area contributed by atoms with Gasteiger partial charge < -0.3 is 14.4 Å². The van der Waals surface area contributed by atoms with Gasteiger partial charge in [0.05, 0.1) is 12.1 Å². The van der Waals surface area contributed by atoms with Crippen LogP contribution < -0.4 is 9.47 Å². The third kappa shape index (κ3) is 3.79. The highest BCUT2D eigenvalue weighted by atomic mass is 35.5. The van der Waals surface area contributed by atoms with Gasteiger partial charge in [0.1, 0.15) is 16.9 Å². The van der Waals surface area contributed by atoms with E-state index in [2.05, 4.69) is 0 Å². The maximum absolute atomic E-state index is 12.5. The molecule has 1 aliphatic heterocycles. The Hall–Kier alpha value is -1.85. The molecule has 1 fully saturated rings. The van der Waals surface area contributed by atoms with Crippen molar-refractivity contribution in [3.8, 4) is 11.5 Å². The predicted octanol–water partition coefficient (Wildman–Crippen LogP) is 4.00. The SMILES string of the molecule is COc1ccc(C2SCCN2C(=O)COc2ccccc2)cc1Cl. The van der Waals surface area contributed by atoms with E-state index < -0.39 is 0 Å². The Morgan fingerprint density at radius 2 is 2.08 bits per heavy atom. The Morgan fingerprint density at radius 1 is 1.29 bits per heavy atom. The first-order valence-electron chi connectivity index (χ1n) is 7.61. The molecule has 1 atom stereocenters. The number of carbonyl (C=O) groups is 1. The molecule has 0 spiro atoms. The minimum absolute atomic E-state index is 0.0270. The first kappa shape index (κ1) is 17.0. The summed E-state index contributed by atoms with van der Waals surface area (Å²) < 4.78 is 10.8. The van der Waals surface area contributed by atoms with Gasteiger partial charge in [0, 0.05) is 12.3 Å². The van der Waals surface area contributed by atoms with Crippen molar-refractivity contribution >= 4 is 29.3 Å². The molecule has 24 heavy (non-hydrogen) atoms. The van der Waals surface area contributed by atoms with Gasteiger partial charge in [-0.15, -0.1) is 11.8 Å². The number of halogens is 1. The van der Waals surface area contributed by atoms with Crippen LogP contribution in [0.3, 0.4) is 0 Å². The van der Waals surface area contributed by atoms with Gasteiger partial charge in [0.25, 0.3) is 5.91 Å². The first-order chi connectivity index (χ1) is 11.7. The summed E-state index contributed by atoms with van der Waals surface area (Å²) in [5.41, 5.74) is 0.997. The van der Waals surface area contributed by atoms with E-state index in [1.165, 1.54) is 0 Å². The van der Waals surface area contributed by atoms with Crippen LogP contribution in [0.1, 0.15) is 10.9 Å². The van der Waals surface area contributed by atoms with Crippen molar-refractivity contribution < 1.29 is 14.3 Å². The van der Waals surface area contributed by atoms with Gasteiger partial charge >= 0.3 is 0 Å². The number of thioether (sulfide) groups is 1. The van der Waals surface area contributed by atoms with Crippen molar-refractivity contribution in [2.45, 2.75) is 5.37 Å². The van der Waals surface area contributed by atoms with Crippen LogP contribution in [0, 0.1) is 0 Å². The Morgan fingerprint density at radius 3 is 2.79 bits per heavy atom. The zero-order valence-corrected chi connectivity index (χ0v) is 14.8. The lowest BCUT2D eigenvalue weighted by Crippen LogP contribution is -2.34. The minimum Gasteiger partial charge on any atom is -0.495 e. The van der Waals surface area contributed by atoms with Gasteiger partial charge in [-0.2, -0.15) is 0 Å². The molecule has 3 rings (SSSR count). The Labute approximate surface area is 150 Å². The Balaban J connectivity index is 1.68. The van der Waals surface area contributed by atoms with Crippen LogP contribution in [0.5, 0.6) is 11.5 Å². The Kier molecular flexibility index (Phi) is 5.53. The number of ether oxygens (including phenoxy) is 2. The molecule has 2 aromatic carbocycles. The summed E-state index contributed by atoms with van der Waals surface area (Å²) >= 11 is 7.94. The lowest BCUT2D eigenvalue weighted by Gasteiger charge is -2.24. The zero-order chi connectivity index (χ0) is 16.9. The quantitative estimate of drug-likeness (QED) is 0.804. The lowest BCUT2D eigenvalue weighted by molar-refractivity contribution is -0.133. The average Bonchev–Trinajstić information content (AvgIpc) is 3.10. The summed E-state index contributed by atoms with van der Waals surface area (Å²) in [7, 11) is 1.59. The summed E-state index contributed by atoms with van der Waals surface area (Å²) in [6.45, 7) is 0.737. The van der Waals surface area contributed by atoms with E-state index in [1.54, 1.807) is 18.9 Å². The van der Waals surface area contributed by atoms with E-state index in [4.69, 9.17) is 21.1 Å². The van der Waals surface area contributed by atoms with Crippen molar-refractivity contribution in [3.63, 3.8) is 0 Å². The van der Waals surface area contributed by atoms with Crippen LogP contribution in [-0.2, 0) is 4.79 Å². The molecule has 4 nitrogen and oxygen atoms in total. The lowest BCUT2D eigenvalue weighted by atomic mass is 10.2. The van der Waals surface area contributed by atoms with Crippen LogP contribution in [0.15, 0.2) is 48.5 Å². The van der Waals surface area contributed by atoms with Crippen molar-refractivity contribution in [2.75, 3.05) is 26.0 Å². The van der Waals surface area contributed by atoms with Crippen molar-refractivity contribution in [2.24, 2.45) is 0 Å². The number of nitrogens with zero attached hydrogens (tertiary/aromatic N) is 1. The third-order valence-electron chi connectivity index (χ3n) is 3.78. The van der Waals surface area contributed by atoms with Gasteiger partial charge in [0.2, 0.25) is 0 Å². The molecule has 1 unspecified atom stereocenters. The second kappa shape index (κ2) is 7.81. The fourth-order valence-electron chi connectivity index (χ4n) is 2.58. The summed E-state index contributed by atoms with van der Waals surface area (Å²) in [6, 6.07) is 15.0. The smallest absolute Gasteiger partial charge is 0.261 e. The molecule has 0 N–H and O–H groups in total.